The summed E-state index contributed by atoms with van der Waals surface area (Å²) in [6.07, 6.45) is 5.12. The number of ether oxygens (including phenoxy) is 1. The second-order valence-corrected chi connectivity index (χ2v) is 4.67. The number of rotatable bonds is 5. The number of nitrogens with one attached hydrogen (secondary N) is 1. The van der Waals surface area contributed by atoms with Crippen LogP contribution in [0.15, 0.2) is 0 Å². The summed E-state index contributed by atoms with van der Waals surface area (Å²) in [4.78, 5) is 10.8. The minimum absolute atomic E-state index is 0.119. The summed E-state index contributed by atoms with van der Waals surface area (Å²) >= 11 is 1.67. The molecule has 14 heavy (non-hydrogen) atoms. The van der Waals surface area contributed by atoms with Crippen LogP contribution >= 0.6 is 11.8 Å². The van der Waals surface area contributed by atoms with Crippen molar-refractivity contribution in [1.29, 1.82) is 0 Å². The highest BCUT2D eigenvalue weighted by molar-refractivity contribution is 7.99. The molecule has 0 bridgehead atoms. The second kappa shape index (κ2) is 7.12. The van der Waals surface area contributed by atoms with E-state index in [2.05, 4.69) is 10.1 Å². The summed E-state index contributed by atoms with van der Waals surface area (Å²) in [6, 6.07) is 0.675. The van der Waals surface area contributed by atoms with Crippen molar-refractivity contribution in [3.05, 3.63) is 0 Å². The van der Waals surface area contributed by atoms with E-state index in [1.54, 1.807) is 11.8 Å². The second-order valence-electron chi connectivity index (χ2n) is 3.56. The number of methoxy groups -OCH3 is 1. The molecule has 1 saturated heterocycles. The number of carbonyl (C=O) groups is 1. The Balaban J connectivity index is 1.94. The molecular weight excluding hydrogens is 198 g/mol. The molecule has 1 atom stereocenters. The lowest BCUT2D eigenvalue weighted by Crippen LogP contribution is -2.34. The minimum atomic E-state index is -0.119. The fraction of sp³-hybridized carbons (Fsp3) is 0.900. The molecule has 0 aromatic carbocycles. The third kappa shape index (κ3) is 4.86. The number of hydrogen-bond donors (Lipinski definition) is 1. The van der Waals surface area contributed by atoms with E-state index in [1.165, 1.54) is 32.8 Å². The third-order valence-electron chi connectivity index (χ3n) is 2.47. The van der Waals surface area contributed by atoms with Gasteiger partial charge in [-0.1, -0.05) is 6.42 Å². The van der Waals surface area contributed by atoms with Crippen LogP contribution in [0.3, 0.4) is 0 Å². The summed E-state index contributed by atoms with van der Waals surface area (Å²) in [7, 11) is 1.44. The highest BCUT2D eigenvalue weighted by Crippen LogP contribution is 2.13. The van der Waals surface area contributed by atoms with Gasteiger partial charge in [0.15, 0.2) is 0 Å². The Morgan fingerprint density at radius 2 is 2.43 bits per heavy atom. The molecule has 0 saturated carbocycles. The van der Waals surface area contributed by atoms with E-state index in [4.69, 9.17) is 0 Å². The monoisotopic (exact) mass is 217 g/mol. The Labute approximate surface area is 90.0 Å². The van der Waals surface area contributed by atoms with Gasteiger partial charge in [0, 0.05) is 6.04 Å². The van der Waals surface area contributed by atoms with Gasteiger partial charge < -0.3 is 10.1 Å². The lowest BCUT2D eigenvalue weighted by Gasteiger charge is -2.22. The fourth-order valence-corrected chi connectivity index (χ4v) is 2.49. The third-order valence-corrected chi connectivity index (χ3v) is 3.43. The minimum Gasteiger partial charge on any atom is -0.468 e. The van der Waals surface area contributed by atoms with Crippen molar-refractivity contribution < 1.29 is 9.53 Å². The van der Waals surface area contributed by atoms with Gasteiger partial charge in [-0.3, -0.25) is 4.79 Å². The average molecular weight is 217 g/mol. The zero-order valence-corrected chi connectivity index (χ0v) is 9.57. The van der Waals surface area contributed by atoms with Crippen molar-refractivity contribution in [3.8, 4) is 0 Å². The molecule has 82 valence electrons. The normalized spacial score (nSPS) is 21.9. The van der Waals surface area contributed by atoms with Gasteiger partial charge in [-0.05, 0) is 31.6 Å². The first-order valence-corrected chi connectivity index (χ1v) is 6.36. The Morgan fingerprint density at radius 1 is 1.57 bits per heavy atom. The number of hydrogen-bond acceptors (Lipinski definition) is 4. The van der Waals surface area contributed by atoms with E-state index in [-0.39, 0.29) is 5.97 Å². The number of esters is 1. The standard InChI is InChI=1S/C10H19NO2S/c1-13-10(12)8-14-7-5-9-4-2-3-6-11-9/h9,11H,2-8H2,1H3. The van der Waals surface area contributed by atoms with Crippen LogP contribution in [0.4, 0.5) is 0 Å². The quantitative estimate of drug-likeness (QED) is 0.558. The van der Waals surface area contributed by atoms with Crippen LogP contribution in [0.5, 0.6) is 0 Å². The Hall–Kier alpha value is -0.220. The molecule has 3 nitrogen and oxygen atoms in total. The predicted molar refractivity (Wildman–Crippen MR) is 59.6 cm³/mol. The van der Waals surface area contributed by atoms with Crippen LogP contribution in [-0.4, -0.2) is 37.2 Å². The summed E-state index contributed by atoms with van der Waals surface area (Å²) in [5.41, 5.74) is 0. The Bertz CT molecular complexity index is 170. The molecule has 4 heteroatoms. The lowest BCUT2D eigenvalue weighted by atomic mass is 10.0. The molecule has 1 rings (SSSR count). The summed E-state index contributed by atoms with van der Waals surface area (Å²) in [5, 5.41) is 3.49. The summed E-state index contributed by atoms with van der Waals surface area (Å²) in [6.45, 7) is 1.16. The van der Waals surface area contributed by atoms with Gasteiger partial charge >= 0.3 is 5.97 Å². The molecule has 0 spiro atoms. The van der Waals surface area contributed by atoms with Crippen LogP contribution < -0.4 is 5.32 Å². The molecule has 0 amide bonds. The number of carbonyl (C=O) groups excluding carboxylic acids is 1. The van der Waals surface area contributed by atoms with Crippen molar-refractivity contribution in [2.45, 2.75) is 31.7 Å². The smallest absolute Gasteiger partial charge is 0.315 e. The van der Waals surface area contributed by atoms with E-state index in [0.29, 0.717) is 11.8 Å². The maximum absolute atomic E-state index is 10.8. The zero-order valence-electron chi connectivity index (χ0n) is 8.75. The SMILES string of the molecule is COC(=O)CSCCC1CCCCN1. The largest absolute Gasteiger partial charge is 0.468 e. The maximum Gasteiger partial charge on any atom is 0.315 e. The predicted octanol–water partition coefficient (Wildman–Crippen LogP) is 1.42. The molecule has 1 aliphatic rings. The van der Waals surface area contributed by atoms with Gasteiger partial charge in [-0.15, -0.1) is 0 Å². The van der Waals surface area contributed by atoms with Crippen molar-refractivity contribution in [3.63, 3.8) is 0 Å². The van der Waals surface area contributed by atoms with Gasteiger partial charge in [0.25, 0.3) is 0 Å². The molecule has 0 aromatic rings. The molecule has 1 unspecified atom stereocenters. The zero-order chi connectivity index (χ0) is 10.2. The van der Waals surface area contributed by atoms with Crippen molar-refractivity contribution in [2.24, 2.45) is 0 Å². The van der Waals surface area contributed by atoms with E-state index in [1.807, 2.05) is 0 Å². The van der Waals surface area contributed by atoms with Crippen LogP contribution in [0.25, 0.3) is 0 Å². The maximum atomic E-state index is 10.8. The first-order valence-electron chi connectivity index (χ1n) is 5.21. The Kier molecular flexibility index (Phi) is 6.03. The molecule has 0 aromatic heterocycles. The van der Waals surface area contributed by atoms with Crippen LogP contribution in [0, 0.1) is 0 Å². The van der Waals surface area contributed by atoms with E-state index < -0.39 is 0 Å². The average Bonchev–Trinajstić information content (AvgIpc) is 2.25. The fourth-order valence-electron chi connectivity index (χ4n) is 1.61. The van der Waals surface area contributed by atoms with E-state index >= 15 is 0 Å². The Morgan fingerprint density at radius 3 is 3.07 bits per heavy atom. The van der Waals surface area contributed by atoms with Crippen LogP contribution in [-0.2, 0) is 9.53 Å². The van der Waals surface area contributed by atoms with Gasteiger partial charge in [0.1, 0.15) is 0 Å². The molecule has 1 aliphatic heterocycles. The topological polar surface area (TPSA) is 38.3 Å². The number of thioether (sulfide) groups is 1. The summed E-state index contributed by atoms with van der Waals surface area (Å²) < 4.78 is 4.57. The van der Waals surface area contributed by atoms with E-state index in [0.717, 1.165) is 12.3 Å². The van der Waals surface area contributed by atoms with Crippen molar-refractivity contribution >= 4 is 17.7 Å². The highest BCUT2D eigenvalue weighted by atomic mass is 32.2. The highest BCUT2D eigenvalue weighted by Gasteiger charge is 2.11. The van der Waals surface area contributed by atoms with Gasteiger partial charge in [0.05, 0.1) is 12.9 Å². The molecule has 1 heterocycles. The molecular formula is C10H19NO2S. The van der Waals surface area contributed by atoms with Crippen molar-refractivity contribution in [2.75, 3.05) is 25.2 Å². The molecule has 0 radical (unpaired) electrons. The first-order chi connectivity index (χ1) is 6.83. The van der Waals surface area contributed by atoms with Gasteiger partial charge in [-0.25, -0.2) is 0 Å². The first kappa shape index (κ1) is 11.9. The summed E-state index contributed by atoms with van der Waals surface area (Å²) in [5.74, 6) is 1.42. The van der Waals surface area contributed by atoms with Crippen molar-refractivity contribution in [1.82, 2.24) is 5.32 Å². The van der Waals surface area contributed by atoms with Gasteiger partial charge in [0.2, 0.25) is 0 Å². The van der Waals surface area contributed by atoms with Gasteiger partial charge in [-0.2, -0.15) is 11.8 Å². The lowest BCUT2D eigenvalue weighted by molar-refractivity contribution is -0.137. The van der Waals surface area contributed by atoms with Crippen LogP contribution in [0.2, 0.25) is 0 Å². The van der Waals surface area contributed by atoms with E-state index in [9.17, 15) is 4.79 Å². The molecule has 1 N–H and O–H groups in total. The molecule has 0 aliphatic carbocycles. The molecule has 1 fully saturated rings. The van der Waals surface area contributed by atoms with Crippen LogP contribution in [0.1, 0.15) is 25.7 Å². The number of piperidine rings is 1.